The molecule has 3 aromatic rings. The van der Waals surface area contributed by atoms with Gasteiger partial charge in [0.05, 0.1) is 28.2 Å². The number of hydrogen-bond acceptors (Lipinski definition) is 7. The number of nitrogens with zero attached hydrogens (tertiary/aromatic N) is 7. The van der Waals surface area contributed by atoms with Crippen LogP contribution in [0.4, 0.5) is 10.1 Å². The van der Waals surface area contributed by atoms with Crippen LogP contribution in [-0.4, -0.2) is 80.8 Å². The maximum absolute atomic E-state index is 15.3. The van der Waals surface area contributed by atoms with Crippen molar-refractivity contribution >= 4 is 40.2 Å². The van der Waals surface area contributed by atoms with E-state index >= 15 is 4.39 Å². The highest BCUT2D eigenvalue weighted by Crippen LogP contribution is 2.32. The van der Waals surface area contributed by atoms with E-state index in [0.29, 0.717) is 39.2 Å². The van der Waals surface area contributed by atoms with E-state index in [1.165, 1.54) is 11.8 Å². The lowest BCUT2D eigenvalue weighted by molar-refractivity contribution is -0.113. The molecule has 2 saturated heterocycles. The summed E-state index contributed by atoms with van der Waals surface area (Å²) in [4.78, 5) is 28.4. The molecule has 37 heavy (non-hydrogen) atoms. The van der Waals surface area contributed by atoms with Crippen molar-refractivity contribution in [1.82, 2.24) is 24.4 Å². The minimum Gasteiger partial charge on any atom is -0.367 e. The van der Waals surface area contributed by atoms with Gasteiger partial charge in [-0.25, -0.2) is 13.9 Å². The van der Waals surface area contributed by atoms with Gasteiger partial charge in [0.2, 0.25) is 0 Å². The second-order valence-electron chi connectivity index (χ2n) is 9.96. The van der Waals surface area contributed by atoms with E-state index < -0.39 is 0 Å². The van der Waals surface area contributed by atoms with Crippen molar-refractivity contribution in [3.63, 3.8) is 0 Å². The van der Waals surface area contributed by atoms with Gasteiger partial charge in [0, 0.05) is 50.9 Å². The van der Waals surface area contributed by atoms with Crippen LogP contribution < -0.4 is 4.90 Å². The third-order valence-corrected chi connectivity index (χ3v) is 8.32. The van der Waals surface area contributed by atoms with Gasteiger partial charge in [-0.2, -0.15) is 10.1 Å². The highest BCUT2D eigenvalue weighted by Gasteiger charge is 2.28. The van der Waals surface area contributed by atoms with Crippen molar-refractivity contribution in [2.24, 2.45) is 4.99 Å². The van der Waals surface area contributed by atoms with Gasteiger partial charge in [0.15, 0.2) is 10.8 Å². The highest BCUT2D eigenvalue weighted by molar-refractivity contribution is 8.18. The monoisotopic (exact) mass is 519 g/mol. The fraction of sp³-hybridized carbons (Fsp3) is 0.407. The summed E-state index contributed by atoms with van der Waals surface area (Å²) < 4.78 is 17.0. The molecule has 5 heterocycles. The van der Waals surface area contributed by atoms with Crippen molar-refractivity contribution in [1.29, 1.82) is 0 Å². The molecule has 0 unspecified atom stereocenters. The molecule has 0 saturated carbocycles. The summed E-state index contributed by atoms with van der Waals surface area (Å²) >= 11 is 1.40. The largest absolute Gasteiger partial charge is 0.367 e. The number of halogens is 1. The molecule has 0 spiro atoms. The van der Waals surface area contributed by atoms with Crippen LogP contribution in [0.2, 0.25) is 0 Å². The molecule has 0 aliphatic carbocycles. The average Bonchev–Trinajstić information content (AvgIpc) is 3.65. The Morgan fingerprint density at radius 1 is 1.00 bits per heavy atom. The Morgan fingerprint density at radius 2 is 1.78 bits per heavy atom. The zero-order chi connectivity index (χ0) is 25.5. The first kappa shape index (κ1) is 24.1. The Bertz CT molecular complexity index is 1400. The summed E-state index contributed by atoms with van der Waals surface area (Å²) in [6.07, 6.45) is 5.73. The van der Waals surface area contributed by atoms with Gasteiger partial charge < -0.3 is 9.80 Å². The van der Waals surface area contributed by atoms with Gasteiger partial charge in [-0.15, -0.1) is 0 Å². The number of benzene rings is 1. The van der Waals surface area contributed by atoms with Crippen LogP contribution >= 0.6 is 11.8 Å². The normalized spacial score (nSPS) is 20.2. The van der Waals surface area contributed by atoms with Crippen LogP contribution in [-0.2, 0) is 4.79 Å². The number of aromatic nitrogens is 3. The van der Waals surface area contributed by atoms with E-state index in [1.807, 2.05) is 24.3 Å². The fourth-order valence-corrected chi connectivity index (χ4v) is 6.09. The fourth-order valence-electron chi connectivity index (χ4n) is 5.14. The number of thioether (sulfide) groups is 1. The zero-order valence-electron chi connectivity index (χ0n) is 21.1. The van der Waals surface area contributed by atoms with Gasteiger partial charge in [-0.1, -0.05) is 6.07 Å². The first-order valence-electron chi connectivity index (χ1n) is 12.9. The smallest absolute Gasteiger partial charge is 0.286 e. The number of amides is 1. The zero-order valence-corrected chi connectivity index (χ0v) is 21.9. The van der Waals surface area contributed by atoms with Crippen molar-refractivity contribution in [2.45, 2.75) is 32.7 Å². The van der Waals surface area contributed by atoms with E-state index in [0.717, 1.165) is 57.3 Å². The number of anilines is 1. The number of carbonyl (C=O) groups is 1. The van der Waals surface area contributed by atoms with Crippen molar-refractivity contribution in [3.8, 4) is 11.3 Å². The molecule has 0 N–H and O–H groups in total. The summed E-state index contributed by atoms with van der Waals surface area (Å²) in [7, 11) is 0. The molecular formula is C27H30FN7OS. The van der Waals surface area contributed by atoms with E-state index in [9.17, 15) is 4.79 Å². The van der Waals surface area contributed by atoms with Crippen molar-refractivity contribution in [2.75, 3.05) is 44.2 Å². The quantitative estimate of drug-likeness (QED) is 0.480. The topological polar surface area (TPSA) is 69.3 Å². The Labute approximate surface area is 219 Å². The molecule has 1 amide bonds. The first-order valence-corrected chi connectivity index (χ1v) is 13.7. The predicted molar refractivity (Wildman–Crippen MR) is 146 cm³/mol. The van der Waals surface area contributed by atoms with Crippen LogP contribution in [0.5, 0.6) is 0 Å². The van der Waals surface area contributed by atoms with Crippen LogP contribution in [0.3, 0.4) is 0 Å². The minimum atomic E-state index is -0.247. The Morgan fingerprint density at radius 3 is 2.51 bits per heavy atom. The summed E-state index contributed by atoms with van der Waals surface area (Å²) in [6, 6.07) is 9.53. The van der Waals surface area contributed by atoms with E-state index in [2.05, 4.69) is 38.5 Å². The predicted octanol–water partition coefficient (Wildman–Crippen LogP) is 4.13. The highest BCUT2D eigenvalue weighted by atomic mass is 32.2. The molecule has 2 aromatic heterocycles. The number of rotatable bonds is 4. The third kappa shape index (κ3) is 4.75. The molecule has 3 aliphatic rings. The second-order valence-corrected chi connectivity index (χ2v) is 11.0. The molecule has 8 nitrogen and oxygen atoms in total. The summed E-state index contributed by atoms with van der Waals surface area (Å²) in [5.41, 5.74) is 3.32. The van der Waals surface area contributed by atoms with Crippen LogP contribution in [0, 0.1) is 5.82 Å². The van der Waals surface area contributed by atoms with Gasteiger partial charge in [-0.3, -0.25) is 9.69 Å². The molecule has 1 aromatic carbocycles. The lowest BCUT2D eigenvalue weighted by atomic mass is 10.1. The number of hydrogen-bond donors (Lipinski definition) is 0. The molecule has 3 aliphatic heterocycles. The van der Waals surface area contributed by atoms with E-state index in [4.69, 9.17) is 5.10 Å². The van der Waals surface area contributed by atoms with E-state index in [1.54, 1.807) is 22.9 Å². The summed E-state index contributed by atoms with van der Waals surface area (Å²) in [5, 5.41) is 5.49. The molecule has 6 rings (SSSR count). The van der Waals surface area contributed by atoms with E-state index in [-0.39, 0.29) is 11.7 Å². The Hall–Kier alpha value is -3.24. The SMILES string of the molecule is CC(C)N1CCN(c2ccc(-c3cnc4ccc(C=C5SC(N6CCCC6)=NC5=O)nn34)cc2F)CC1. The Kier molecular flexibility index (Phi) is 6.46. The van der Waals surface area contributed by atoms with Crippen molar-refractivity contribution < 1.29 is 9.18 Å². The number of carbonyl (C=O) groups excluding carboxylic acids is 1. The maximum atomic E-state index is 15.3. The van der Waals surface area contributed by atoms with Crippen LogP contribution in [0.1, 0.15) is 32.4 Å². The minimum absolute atomic E-state index is 0.230. The number of fused-ring (bicyclic) bond motifs is 1. The molecule has 10 heteroatoms. The molecule has 2 fully saturated rings. The molecule has 0 atom stereocenters. The molecule has 0 bridgehead atoms. The lowest BCUT2D eigenvalue weighted by Crippen LogP contribution is -2.49. The first-order chi connectivity index (χ1) is 18.0. The lowest BCUT2D eigenvalue weighted by Gasteiger charge is -2.38. The molecular weight excluding hydrogens is 489 g/mol. The van der Waals surface area contributed by atoms with Crippen molar-refractivity contribution in [3.05, 3.63) is 52.9 Å². The number of imidazole rings is 1. The van der Waals surface area contributed by atoms with Crippen LogP contribution in [0.15, 0.2) is 46.4 Å². The van der Waals surface area contributed by atoms with Gasteiger partial charge in [0.1, 0.15) is 5.82 Å². The maximum Gasteiger partial charge on any atom is 0.286 e. The standard InChI is InChI=1S/C27H30FN7OS/c1-18(2)32-11-13-33(14-12-32)22-7-5-19(15-21(22)28)23-17-29-25-8-6-20(31-35(23)25)16-24-26(36)30-27(37-24)34-9-3-4-10-34/h5-8,15-18H,3-4,9-14H2,1-2H3. The number of amidine groups is 1. The molecule has 192 valence electrons. The Balaban J connectivity index is 1.23. The summed E-state index contributed by atoms with van der Waals surface area (Å²) in [5.74, 6) is -0.477. The number of likely N-dealkylation sites (tertiary alicyclic amines) is 1. The van der Waals surface area contributed by atoms with Gasteiger partial charge >= 0.3 is 0 Å². The van der Waals surface area contributed by atoms with Gasteiger partial charge in [-0.05, 0) is 68.8 Å². The summed E-state index contributed by atoms with van der Waals surface area (Å²) in [6.45, 7) is 9.76. The average molecular weight is 520 g/mol. The third-order valence-electron chi connectivity index (χ3n) is 7.28. The second kappa shape index (κ2) is 9.90. The number of aliphatic imine (C=N–C) groups is 1. The van der Waals surface area contributed by atoms with Crippen LogP contribution in [0.25, 0.3) is 23.0 Å². The number of piperazine rings is 1. The van der Waals surface area contributed by atoms with Gasteiger partial charge in [0.25, 0.3) is 5.91 Å². The molecule has 0 radical (unpaired) electrons.